The van der Waals surface area contributed by atoms with Gasteiger partial charge in [0.25, 0.3) is 5.91 Å². The van der Waals surface area contributed by atoms with E-state index in [1.807, 2.05) is 66.5 Å². The van der Waals surface area contributed by atoms with Gasteiger partial charge in [0.1, 0.15) is 5.25 Å². The quantitative estimate of drug-likeness (QED) is 0.851. The number of hydrogen-bond donors (Lipinski definition) is 0. The van der Waals surface area contributed by atoms with Gasteiger partial charge in [0.05, 0.1) is 16.8 Å². The van der Waals surface area contributed by atoms with E-state index in [2.05, 4.69) is 5.01 Å². The molecule has 1 amide bonds. The average Bonchev–Trinajstić information content (AvgIpc) is 2.95. The zero-order chi connectivity index (χ0) is 17.4. The van der Waals surface area contributed by atoms with Gasteiger partial charge in [-0.05, 0) is 37.5 Å². The molecule has 2 aromatic rings. The lowest BCUT2D eigenvalue weighted by Gasteiger charge is -2.36. The minimum atomic E-state index is -1.38. The summed E-state index contributed by atoms with van der Waals surface area (Å²) in [5.74, 6) is -0.00698. The Hall–Kier alpha value is -1.98. The van der Waals surface area contributed by atoms with E-state index in [9.17, 15) is 9.00 Å². The molecule has 1 unspecified atom stereocenters. The molecular weight excluding hydrogens is 332 g/mol. The molecule has 2 heterocycles. The first kappa shape index (κ1) is 16.5. The first-order valence-electron chi connectivity index (χ1n) is 8.77. The summed E-state index contributed by atoms with van der Waals surface area (Å²) < 4.78 is 13.3. The maximum absolute atomic E-state index is 13.3. The molecule has 0 radical (unpaired) electrons. The Labute approximate surface area is 150 Å². The lowest BCUT2D eigenvalue weighted by molar-refractivity contribution is -0.141. The van der Waals surface area contributed by atoms with Crippen molar-refractivity contribution in [2.45, 2.75) is 36.0 Å². The van der Waals surface area contributed by atoms with Crippen LogP contribution >= 0.6 is 0 Å². The number of hydrazine groups is 1. The number of carbonyl (C=O) groups excluding carboxylic acids is 1. The van der Waals surface area contributed by atoms with Crippen molar-refractivity contribution in [3.8, 4) is 0 Å². The largest absolute Gasteiger partial charge is 0.274 e. The first-order chi connectivity index (χ1) is 12.2. The zero-order valence-electron chi connectivity index (χ0n) is 14.3. The van der Waals surface area contributed by atoms with Crippen molar-refractivity contribution in [2.75, 3.05) is 13.1 Å². The first-order valence-corrected chi connectivity index (χ1v) is 9.98. The second kappa shape index (κ2) is 6.73. The topological polar surface area (TPSA) is 40.6 Å². The molecule has 0 saturated carbocycles. The van der Waals surface area contributed by atoms with Crippen molar-refractivity contribution in [1.82, 2.24) is 10.0 Å². The van der Waals surface area contributed by atoms with E-state index in [4.69, 9.17) is 0 Å². The van der Waals surface area contributed by atoms with Gasteiger partial charge in [-0.1, -0.05) is 48.0 Å². The van der Waals surface area contributed by atoms with Crippen LogP contribution in [0.4, 0.5) is 0 Å². The lowest BCUT2D eigenvalue weighted by Crippen LogP contribution is -2.44. The van der Waals surface area contributed by atoms with Crippen LogP contribution in [0.2, 0.25) is 0 Å². The Bertz CT molecular complexity index is 791. The molecule has 25 heavy (non-hydrogen) atoms. The van der Waals surface area contributed by atoms with Crippen LogP contribution in [0.1, 0.15) is 30.0 Å². The fourth-order valence-electron chi connectivity index (χ4n) is 3.77. The van der Waals surface area contributed by atoms with Gasteiger partial charge in [0.15, 0.2) is 0 Å². The monoisotopic (exact) mass is 354 g/mol. The zero-order valence-corrected chi connectivity index (χ0v) is 15.1. The fourth-order valence-corrected chi connectivity index (χ4v) is 5.31. The summed E-state index contributed by atoms with van der Waals surface area (Å²) in [7, 11) is -1.38. The summed E-state index contributed by atoms with van der Waals surface area (Å²) in [6.45, 7) is 3.57. The van der Waals surface area contributed by atoms with Crippen molar-refractivity contribution in [2.24, 2.45) is 0 Å². The predicted octanol–water partition coefficient (Wildman–Crippen LogP) is 3.07. The van der Waals surface area contributed by atoms with Gasteiger partial charge >= 0.3 is 0 Å². The van der Waals surface area contributed by atoms with Gasteiger partial charge in [0.2, 0.25) is 0 Å². The molecule has 2 fully saturated rings. The van der Waals surface area contributed by atoms with Crippen molar-refractivity contribution in [3.05, 3.63) is 65.7 Å². The van der Waals surface area contributed by atoms with Crippen LogP contribution in [0.3, 0.4) is 0 Å². The van der Waals surface area contributed by atoms with E-state index < -0.39 is 16.0 Å². The standard InChI is InChI=1S/C20H22N2O2S/c1-15-9-11-17(12-10-15)25(24)19-18(16-7-3-2-4-8-16)21-13-5-6-14-22(21)20(19)23/h2-4,7-12,18-19H,5-6,13-14H2,1H3/t18-,19+,25?/m0/s1. The van der Waals surface area contributed by atoms with Crippen LogP contribution < -0.4 is 0 Å². The summed E-state index contributed by atoms with van der Waals surface area (Å²) >= 11 is 0. The number of benzene rings is 2. The number of amides is 1. The molecule has 2 aromatic carbocycles. The van der Waals surface area contributed by atoms with Crippen molar-refractivity contribution in [3.63, 3.8) is 0 Å². The van der Waals surface area contributed by atoms with Crippen molar-refractivity contribution in [1.29, 1.82) is 0 Å². The van der Waals surface area contributed by atoms with Crippen LogP contribution in [0, 0.1) is 6.92 Å². The normalized spacial score (nSPS) is 25.0. The third kappa shape index (κ3) is 2.92. The minimum Gasteiger partial charge on any atom is -0.274 e. The predicted molar refractivity (Wildman–Crippen MR) is 98.2 cm³/mol. The molecule has 3 atom stereocenters. The van der Waals surface area contributed by atoms with Crippen LogP contribution in [-0.4, -0.2) is 38.5 Å². The molecule has 2 saturated heterocycles. The molecule has 0 bridgehead atoms. The van der Waals surface area contributed by atoms with E-state index >= 15 is 0 Å². The van der Waals surface area contributed by atoms with Crippen LogP contribution in [0.15, 0.2) is 59.5 Å². The van der Waals surface area contributed by atoms with E-state index in [0.717, 1.165) is 42.0 Å². The highest BCUT2D eigenvalue weighted by Gasteiger charge is 2.51. The summed E-state index contributed by atoms with van der Waals surface area (Å²) in [4.78, 5) is 13.8. The Morgan fingerprint density at radius 2 is 1.64 bits per heavy atom. The Morgan fingerprint density at radius 3 is 2.36 bits per heavy atom. The second-order valence-electron chi connectivity index (χ2n) is 6.72. The molecule has 4 rings (SSSR count). The second-order valence-corrected chi connectivity index (χ2v) is 8.29. The molecule has 2 aliphatic rings. The number of nitrogens with zero attached hydrogens (tertiary/aromatic N) is 2. The highest BCUT2D eigenvalue weighted by Crippen LogP contribution is 2.39. The maximum Gasteiger partial charge on any atom is 0.255 e. The highest BCUT2D eigenvalue weighted by molar-refractivity contribution is 7.86. The van der Waals surface area contributed by atoms with Gasteiger partial charge in [-0.25, -0.2) is 5.01 Å². The molecule has 4 nitrogen and oxygen atoms in total. The van der Waals surface area contributed by atoms with Crippen molar-refractivity contribution < 1.29 is 9.00 Å². The Kier molecular flexibility index (Phi) is 4.44. The van der Waals surface area contributed by atoms with Gasteiger partial charge in [-0.2, -0.15) is 0 Å². The molecule has 130 valence electrons. The molecule has 5 heteroatoms. The SMILES string of the molecule is Cc1ccc(S(=O)[C@H]2C(=O)N3CCCCN3[C@H]2c2ccccc2)cc1. The van der Waals surface area contributed by atoms with E-state index in [1.165, 1.54) is 0 Å². The number of rotatable bonds is 3. The molecule has 0 aliphatic carbocycles. The lowest BCUT2D eigenvalue weighted by atomic mass is 10.0. The van der Waals surface area contributed by atoms with E-state index in [-0.39, 0.29) is 11.9 Å². The third-order valence-corrected chi connectivity index (χ3v) is 6.71. The highest BCUT2D eigenvalue weighted by atomic mass is 32.2. The smallest absolute Gasteiger partial charge is 0.255 e. The average molecular weight is 354 g/mol. The Balaban J connectivity index is 1.75. The molecule has 2 aliphatic heterocycles. The van der Waals surface area contributed by atoms with Gasteiger partial charge in [-0.15, -0.1) is 0 Å². The summed E-state index contributed by atoms with van der Waals surface area (Å²) in [5.41, 5.74) is 2.19. The van der Waals surface area contributed by atoms with Crippen LogP contribution in [0.25, 0.3) is 0 Å². The summed E-state index contributed by atoms with van der Waals surface area (Å²) in [6.07, 6.45) is 2.07. The fraction of sp³-hybridized carbons (Fsp3) is 0.350. The molecular formula is C20H22N2O2S. The van der Waals surface area contributed by atoms with Crippen LogP contribution in [-0.2, 0) is 15.6 Å². The maximum atomic E-state index is 13.3. The molecule has 0 aromatic heterocycles. The van der Waals surface area contributed by atoms with Gasteiger partial charge < -0.3 is 0 Å². The van der Waals surface area contributed by atoms with Gasteiger partial charge in [-0.3, -0.25) is 14.0 Å². The van der Waals surface area contributed by atoms with E-state index in [0.29, 0.717) is 0 Å². The summed E-state index contributed by atoms with van der Waals surface area (Å²) in [5, 5.41) is 3.42. The minimum absolute atomic E-state index is 0.00698. The number of carbonyl (C=O) groups is 1. The number of fused-ring (bicyclic) bond motifs is 1. The van der Waals surface area contributed by atoms with Gasteiger partial charge in [0, 0.05) is 18.0 Å². The number of hydrogen-bond acceptors (Lipinski definition) is 3. The van der Waals surface area contributed by atoms with Crippen LogP contribution in [0.5, 0.6) is 0 Å². The molecule has 0 spiro atoms. The summed E-state index contributed by atoms with van der Waals surface area (Å²) in [6, 6.07) is 17.5. The molecule has 0 N–H and O–H groups in total. The van der Waals surface area contributed by atoms with E-state index in [1.54, 1.807) is 0 Å². The van der Waals surface area contributed by atoms with Crippen molar-refractivity contribution >= 4 is 16.7 Å². The number of aryl methyl sites for hydroxylation is 1. The third-order valence-electron chi connectivity index (χ3n) is 5.05. The Morgan fingerprint density at radius 1 is 0.960 bits per heavy atom.